The fourth-order valence-corrected chi connectivity index (χ4v) is 5.64. The van der Waals surface area contributed by atoms with Crippen LogP contribution in [0.4, 0.5) is 21.6 Å². The maximum atomic E-state index is 13.8. The third-order valence-electron chi connectivity index (χ3n) is 7.82. The Labute approximate surface area is 266 Å². The van der Waals surface area contributed by atoms with E-state index in [2.05, 4.69) is 32.8 Å². The standard InChI is InChI=1S/C34H35ClFN5O4/c1-23(36)34(42)39-31-19-28-30(20-32(31)44-15-5-12-40-13-16-43-17-14-40)37-22-38-33(28)41(26-6-3-2-4-7-26)45-21-24-8-11-27(25-9-10-25)29(35)18-24/h2-4,6-8,11,18-20,22,25H,1,5,9-10,12-17,21H2,(H,39,42). The number of nitrogens with zero attached hydrogens (tertiary/aromatic N) is 4. The van der Waals surface area contributed by atoms with Crippen molar-refractivity contribution in [3.05, 3.63) is 95.5 Å². The van der Waals surface area contributed by atoms with Gasteiger partial charge in [0.05, 0.1) is 36.7 Å². The lowest BCUT2D eigenvalue weighted by molar-refractivity contribution is -0.114. The number of para-hydroxylation sites is 1. The number of ether oxygens (including phenoxy) is 2. The first-order chi connectivity index (χ1) is 22.0. The highest BCUT2D eigenvalue weighted by atomic mass is 35.5. The van der Waals surface area contributed by atoms with Gasteiger partial charge in [0.2, 0.25) is 0 Å². The molecule has 4 aromatic rings. The summed E-state index contributed by atoms with van der Waals surface area (Å²) in [5.41, 5.74) is 3.63. The second kappa shape index (κ2) is 14.3. The molecule has 1 amide bonds. The van der Waals surface area contributed by atoms with Crippen molar-refractivity contribution < 1.29 is 23.5 Å². The largest absolute Gasteiger partial charge is 0.491 e. The number of morpholine rings is 1. The third kappa shape index (κ3) is 7.77. The number of hydrogen-bond donors (Lipinski definition) is 1. The van der Waals surface area contributed by atoms with Crippen LogP contribution in [0.25, 0.3) is 10.9 Å². The molecule has 1 N–H and O–H groups in total. The highest BCUT2D eigenvalue weighted by molar-refractivity contribution is 6.31. The number of amides is 1. The van der Waals surface area contributed by atoms with E-state index in [9.17, 15) is 9.18 Å². The SMILES string of the molecule is C=C(F)C(=O)Nc1cc2c(N(OCc3ccc(C4CC4)c(Cl)c3)c3ccccc3)ncnc2cc1OCCCN1CCOCC1. The monoisotopic (exact) mass is 631 g/mol. The van der Waals surface area contributed by atoms with E-state index < -0.39 is 11.7 Å². The van der Waals surface area contributed by atoms with E-state index in [1.807, 2.05) is 42.5 Å². The molecule has 2 fully saturated rings. The van der Waals surface area contributed by atoms with Gasteiger partial charge in [-0.15, -0.1) is 0 Å². The van der Waals surface area contributed by atoms with Gasteiger partial charge in [-0.05, 0) is 60.6 Å². The number of anilines is 3. The van der Waals surface area contributed by atoms with E-state index >= 15 is 0 Å². The smallest absolute Gasteiger partial charge is 0.283 e. The van der Waals surface area contributed by atoms with Crippen LogP contribution in [0, 0.1) is 0 Å². The molecule has 2 aliphatic rings. The summed E-state index contributed by atoms with van der Waals surface area (Å²) in [6.45, 7) is 7.81. The van der Waals surface area contributed by atoms with Gasteiger partial charge in [-0.2, -0.15) is 0 Å². The van der Waals surface area contributed by atoms with Gasteiger partial charge < -0.3 is 14.8 Å². The zero-order chi connectivity index (χ0) is 31.2. The van der Waals surface area contributed by atoms with E-state index in [0.29, 0.717) is 35.0 Å². The van der Waals surface area contributed by atoms with Crippen LogP contribution < -0.4 is 15.1 Å². The number of aromatic nitrogens is 2. The van der Waals surface area contributed by atoms with Crippen molar-refractivity contribution in [1.82, 2.24) is 14.9 Å². The van der Waals surface area contributed by atoms with Crippen LogP contribution >= 0.6 is 11.6 Å². The van der Waals surface area contributed by atoms with Crippen LogP contribution in [0.2, 0.25) is 5.02 Å². The molecule has 6 rings (SSSR count). The zero-order valence-electron chi connectivity index (χ0n) is 24.9. The van der Waals surface area contributed by atoms with Gasteiger partial charge in [-0.25, -0.2) is 19.4 Å². The predicted octanol–water partition coefficient (Wildman–Crippen LogP) is 6.95. The van der Waals surface area contributed by atoms with Crippen molar-refractivity contribution in [2.24, 2.45) is 0 Å². The molecule has 9 nitrogen and oxygen atoms in total. The Balaban J connectivity index is 1.29. The van der Waals surface area contributed by atoms with Crippen molar-refractivity contribution >= 4 is 45.6 Å². The van der Waals surface area contributed by atoms with Crippen LogP contribution in [-0.4, -0.2) is 60.2 Å². The number of halogens is 2. The average Bonchev–Trinajstić information content (AvgIpc) is 3.90. The first kappa shape index (κ1) is 30.9. The number of carbonyl (C=O) groups excluding carboxylic acids is 1. The van der Waals surface area contributed by atoms with E-state index in [0.717, 1.165) is 55.5 Å². The molecule has 3 aromatic carbocycles. The molecule has 45 heavy (non-hydrogen) atoms. The molecular weight excluding hydrogens is 597 g/mol. The summed E-state index contributed by atoms with van der Waals surface area (Å²) in [5.74, 6) is -0.739. The summed E-state index contributed by atoms with van der Waals surface area (Å²) in [7, 11) is 0. The summed E-state index contributed by atoms with van der Waals surface area (Å²) in [4.78, 5) is 30.2. The molecule has 1 aliphatic heterocycles. The lowest BCUT2D eigenvalue weighted by Gasteiger charge is -2.26. The van der Waals surface area contributed by atoms with Crippen molar-refractivity contribution in [3.63, 3.8) is 0 Å². The number of nitrogens with one attached hydrogen (secondary N) is 1. The number of benzene rings is 3. The first-order valence-corrected chi connectivity index (χ1v) is 15.5. The molecule has 1 saturated carbocycles. The van der Waals surface area contributed by atoms with Crippen LogP contribution in [-0.2, 0) is 21.0 Å². The Kier molecular flexibility index (Phi) is 9.85. The van der Waals surface area contributed by atoms with Gasteiger partial charge in [0.1, 0.15) is 18.7 Å². The zero-order valence-corrected chi connectivity index (χ0v) is 25.6. The van der Waals surface area contributed by atoms with E-state index in [1.54, 1.807) is 17.2 Å². The van der Waals surface area contributed by atoms with Gasteiger partial charge in [-0.3, -0.25) is 14.5 Å². The fraction of sp³-hybridized carbons (Fsp3) is 0.324. The van der Waals surface area contributed by atoms with Crippen molar-refractivity contribution in [2.45, 2.75) is 31.8 Å². The minimum Gasteiger partial charge on any atom is -0.491 e. The Morgan fingerprint density at radius 1 is 1.11 bits per heavy atom. The first-order valence-electron chi connectivity index (χ1n) is 15.1. The summed E-state index contributed by atoms with van der Waals surface area (Å²) in [6.07, 6.45) is 4.54. The number of carbonyl (C=O) groups is 1. The maximum absolute atomic E-state index is 13.8. The van der Waals surface area contributed by atoms with Crippen LogP contribution in [0.1, 0.15) is 36.3 Å². The molecule has 0 unspecified atom stereocenters. The summed E-state index contributed by atoms with van der Waals surface area (Å²) in [5, 5.41) is 5.51. The fourth-order valence-electron chi connectivity index (χ4n) is 5.28. The highest BCUT2D eigenvalue weighted by Crippen LogP contribution is 2.43. The number of hydrogen-bond acceptors (Lipinski definition) is 8. The van der Waals surface area contributed by atoms with Crippen molar-refractivity contribution in [3.8, 4) is 5.75 Å². The Morgan fingerprint density at radius 2 is 1.91 bits per heavy atom. The minimum absolute atomic E-state index is 0.223. The molecule has 234 valence electrons. The van der Waals surface area contributed by atoms with Gasteiger partial charge in [0.25, 0.3) is 5.91 Å². The molecule has 11 heteroatoms. The molecule has 2 heterocycles. The Morgan fingerprint density at radius 3 is 2.64 bits per heavy atom. The third-order valence-corrected chi connectivity index (χ3v) is 8.14. The van der Waals surface area contributed by atoms with Gasteiger partial charge in [0.15, 0.2) is 11.6 Å². The van der Waals surface area contributed by atoms with Crippen LogP contribution in [0.5, 0.6) is 5.75 Å². The predicted molar refractivity (Wildman–Crippen MR) is 173 cm³/mol. The van der Waals surface area contributed by atoms with Crippen LogP contribution in [0.15, 0.2) is 79.4 Å². The molecule has 1 saturated heterocycles. The minimum atomic E-state index is -1.11. The summed E-state index contributed by atoms with van der Waals surface area (Å²) in [6, 6.07) is 18.9. The van der Waals surface area contributed by atoms with Gasteiger partial charge >= 0.3 is 0 Å². The highest BCUT2D eigenvalue weighted by Gasteiger charge is 2.26. The Bertz CT molecular complexity index is 1660. The Hall–Kier alpha value is -4.09. The molecule has 1 aliphatic carbocycles. The summed E-state index contributed by atoms with van der Waals surface area (Å²) >= 11 is 6.60. The number of rotatable bonds is 13. The molecule has 0 spiro atoms. The normalized spacial score (nSPS) is 15.2. The number of fused-ring (bicyclic) bond motifs is 1. The van der Waals surface area contributed by atoms with Gasteiger partial charge in [0, 0.05) is 36.1 Å². The van der Waals surface area contributed by atoms with E-state index in [1.165, 1.54) is 24.7 Å². The van der Waals surface area contributed by atoms with Gasteiger partial charge in [-0.1, -0.05) is 48.5 Å². The van der Waals surface area contributed by atoms with Crippen LogP contribution in [0.3, 0.4) is 0 Å². The molecule has 0 bridgehead atoms. The van der Waals surface area contributed by atoms with E-state index in [-0.39, 0.29) is 12.3 Å². The van der Waals surface area contributed by atoms with Crippen molar-refractivity contribution in [1.29, 1.82) is 0 Å². The summed E-state index contributed by atoms with van der Waals surface area (Å²) < 4.78 is 25.3. The second-order valence-electron chi connectivity index (χ2n) is 11.1. The van der Waals surface area contributed by atoms with E-state index in [4.69, 9.17) is 25.9 Å². The molecule has 0 atom stereocenters. The average molecular weight is 632 g/mol. The molecule has 1 aromatic heterocycles. The lowest BCUT2D eigenvalue weighted by Crippen LogP contribution is -2.37. The maximum Gasteiger partial charge on any atom is 0.283 e. The lowest BCUT2D eigenvalue weighted by atomic mass is 10.1. The molecule has 0 radical (unpaired) electrons. The quantitative estimate of drug-likeness (QED) is 0.0963. The second-order valence-corrected chi connectivity index (χ2v) is 11.5. The topological polar surface area (TPSA) is 89.1 Å². The van der Waals surface area contributed by atoms with Crippen molar-refractivity contribution in [2.75, 3.05) is 49.8 Å². The molecular formula is C34H35ClFN5O4.